The van der Waals surface area contributed by atoms with Crippen molar-refractivity contribution in [3.63, 3.8) is 0 Å². The van der Waals surface area contributed by atoms with Gasteiger partial charge in [0.1, 0.15) is 0 Å². The van der Waals surface area contributed by atoms with Gasteiger partial charge in [-0.05, 0) is 26.2 Å². The molecule has 2 saturated carbocycles. The van der Waals surface area contributed by atoms with Crippen LogP contribution in [0.2, 0.25) is 0 Å². The molecule has 6 nitrogen and oxygen atoms in total. The Balaban J connectivity index is 0.00000210. The fraction of sp³-hybridized carbons (Fsp3) is 0.900. The Hall–Kier alpha value is -0.570. The average molecular weight is 490 g/mol. The number of hydrogen-bond donors (Lipinski definition) is 1. The van der Waals surface area contributed by atoms with Crippen LogP contribution < -0.4 is 5.32 Å². The molecule has 0 aromatic rings. The van der Waals surface area contributed by atoms with E-state index in [-0.39, 0.29) is 35.8 Å². The Morgan fingerprint density at radius 3 is 2.44 bits per heavy atom. The Morgan fingerprint density at radius 1 is 1.22 bits per heavy atom. The third-order valence-electron chi connectivity index (χ3n) is 7.01. The second kappa shape index (κ2) is 8.43. The van der Waals surface area contributed by atoms with Crippen LogP contribution in [0.15, 0.2) is 4.99 Å². The van der Waals surface area contributed by atoms with Crippen molar-refractivity contribution in [2.45, 2.75) is 58.6 Å². The predicted octanol–water partition coefficient (Wildman–Crippen LogP) is 2.33. The van der Waals surface area contributed by atoms with Gasteiger partial charge in [-0.15, -0.1) is 24.0 Å². The lowest BCUT2D eigenvalue weighted by molar-refractivity contribution is -0.171. The number of ether oxygens (including phenoxy) is 1. The van der Waals surface area contributed by atoms with E-state index >= 15 is 0 Å². The first-order chi connectivity index (χ1) is 12.6. The van der Waals surface area contributed by atoms with Crippen molar-refractivity contribution in [1.82, 2.24) is 15.1 Å². The van der Waals surface area contributed by atoms with Gasteiger partial charge in [-0.2, -0.15) is 0 Å². The first-order valence-electron chi connectivity index (χ1n) is 10.5. The van der Waals surface area contributed by atoms with Crippen molar-refractivity contribution >= 4 is 35.8 Å². The molecule has 3 unspecified atom stereocenters. The number of rotatable bonds is 3. The van der Waals surface area contributed by atoms with E-state index < -0.39 is 0 Å². The fourth-order valence-corrected chi connectivity index (χ4v) is 5.49. The molecular weight excluding hydrogens is 455 g/mol. The van der Waals surface area contributed by atoms with Crippen LogP contribution >= 0.6 is 24.0 Å². The van der Waals surface area contributed by atoms with Crippen molar-refractivity contribution in [2.75, 3.05) is 39.3 Å². The predicted molar refractivity (Wildman–Crippen MR) is 117 cm³/mol. The molecule has 3 atom stereocenters. The summed E-state index contributed by atoms with van der Waals surface area (Å²) in [7, 11) is 0. The highest BCUT2D eigenvalue weighted by Gasteiger charge is 2.66. The summed E-state index contributed by atoms with van der Waals surface area (Å²) in [5, 5.41) is 3.85. The van der Waals surface area contributed by atoms with Crippen molar-refractivity contribution in [3.05, 3.63) is 0 Å². The molecule has 2 saturated heterocycles. The molecule has 7 heteroatoms. The molecule has 1 N–H and O–H groups in total. The van der Waals surface area contributed by atoms with Crippen LogP contribution in [-0.2, 0) is 9.53 Å². The highest BCUT2D eigenvalue weighted by Crippen LogP contribution is 2.62. The van der Waals surface area contributed by atoms with Gasteiger partial charge in [-0.1, -0.05) is 20.3 Å². The maximum atomic E-state index is 12.2. The van der Waals surface area contributed by atoms with Crippen LogP contribution in [0.1, 0.15) is 46.5 Å². The molecule has 4 fully saturated rings. The first-order valence-corrected chi connectivity index (χ1v) is 10.5. The highest BCUT2D eigenvalue weighted by molar-refractivity contribution is 14.0. The molecule has 0 bridgehead atoms. The molecule has 1 amide bonds. The van der Waals surface area contributed by atoms with Crippen LogP contribution in [0.25, 0.3) is 0 Å². The molecule has 2 heterocycles. The number of hydrogen-bond acceptors (Lipinski definition) is 3. The molecular formula is C20H35IN4O2. The van der Waals surface area contributed by atoms with E-state index in [1.165, 1.54) is 25.7 Å². The molecule has 2 aliphatic heterocycles. The van der Waals surface area contributed by atoms with Crippen LogP contribution in [0.5, 0.6) is 0 Å². The number of piperazine rings is 1. The van der Waals surface area contributed by atoms with Crippen LogP contribution in [0.3, 0.4) is 0 Å². The summed E-state index contributed by atoms with van der Waals surface area (Å²) in [5.74, 6) is 2.05. The van der Waals surface area contributed by atoms with Gasteiger partial charge in [0.05, 0.1) is 6.10 Å². The number of halogens is 1. The Morgan fingerprint density at radius 2 is 1.89 bits per heavy atom. The quantitative estimate of drug-likeness (QED) is 0.375. The number of carbonyl (C=O) groups is 1. The molecule has 0 radical (unpaired) electrons. The van der Waals surface area contributed by atoms with Crippen molar-refractivity contribution < 1.29 is 9.53 Å². The molecule has 0 aromatic carbocycles. The molecule has 27 heavy (non-hydrogen) atoms. The number of nitrogens with zero attached hydrogens (tertiary/aromatic N) is 3. The number of aliphatic imine (C=N–C) groups is 1. The maximum absolute atomic E-state index is 12.2. The van der Waals surface area contributed by atoms with E-state index in [2.05, 4.69) is 17.1 Å². The van der Waals surface area contributed by atoms with E-state index in [0.717, 1.165) is 45.3 Å². The van der Waals surface area contributed by atoms with Gasteiger partial charge >= 0.3 is 0 Å². The minimum absolute atomic E-state index is 0. The summed E-state index contributed by atoms with van der Waals surface area (Å²) in [6, 6.07) is 0.518. The second-order valence-corrected chi connectivity index (χ2v) is 8.72. The lowest BCUT2D eigenvalue weighted by atomic mass is 9.46. The lowest BCUT2D eigenvalue weighted by Gasteiger charge is -2.63. The fourth-order valence-electron chi connectivity index (χ4n) is 5.49. The zero-order chi connectivity index (χ0) is 18.3. The molecule has 4 rings (SSSR count). The zero-order valence-electron chi connectivity index (χ0n) is 16.9. The van der Waals surface area contributed by atoms with E-state index in [1.807, 2.05) is 18.7 Å². The largest absolute Gasteiger partial charge is 0.377 e. The van der Waals surface area contributed by atoms with Gasteiger partial charge in [-0.3, -0.25) is 9.79 Å². The zero-order valence-corrected chi connectivity index (χ0v) is 19.3. The number of amides is 1. The summed E-state index contributed by atoms with van der Waals surface area (Å²) in [4.78, 5) is 21.4. The first kappa shape index (κ1) is 21.1. The van der Waals surface area contributed by atoms with E-state index in [0.29, 0.717) is 23.5 Å². The average Bonchev–Trinajstić information content (AvgIpc) is 3.01. The normalized spacial score (nSPS) is 31.9. The van der Waals surface area contributed by atoms with Gasteiger partial charge < -0.3 is 19.9 Å². The SMILES string of the molecule is CCN=C(NC1C2CCOC2C12CCC2)N1CCN(C(=O)C(C)C)CC1.I. The minimum Gasteiger partial charge on any atom is -0.377 e. The molecule has 1 spiro atoms. The number of fused-ring (bicyclic) bond motifs is 2. The van der Waals surface area contributed by atoms with Gasteiger partial charge in [-0.25, -0.2) is 0 Å². The number of carbonyl (C=O) groups excluding carboxylic acids is 1. The summed E-state index contributed by atoms with van der Waals surface area (Å²) < 4.78 is 6.05. The monoisotopic (exact) mass is 490 g/mol. The summed E-state index contributed by atoms with van der Waals surface area (Å²) in [6.45, 7) is 11.1. The lowest BCUT2D eigenvalue weighted by Crippen LogP contribution is -2.73. The number of guanidine groups is 1. The van der Waals surface area contributed by atoms with Gasteiger partial charge in [0.2, 0.25) is 5.91 Å². The van der Waals surface area contributed by atoms with E-state index in [9.17, 15) is 4.79 Å². The topological polar surface area (TPSA) is 57.2 Å². The second-order valence-electron chi connectivity index (χ2n) is 8.72. The molecule has 0 aromatic heterocycles. The molecule has 2 aliphatic carbocycles. The van der Waals surface area contributed by atoms with Crippen LogP contribution in [-0.4, -0.2) is 73.1 Å². The van der Waals surface area contributed by atoms with Crippen molar-refractivity contribution in [1.29, 1.82) is 0 Å². The maximum Gasteiger partial charge on any atom is 0.225 e. The number of nitrogens with one attached hydrogen (secondary N) is 1. The Kier molecular flexibility index (Phi) is 6.60. The summed E-state index contributed by atoms with van der Waals surface area (Å²) in [6.07, 6.45) is 5.59. The van der Waals surface area contributed by atoms with E-state index in [4.69, 9.17) is 9.73 Å². The van der Waals surface area contributed by atoms with Crippen molar-refractivity contribution in [3.8, 4) is 0 Å². The Bertz CT molecular complexity index is 570. The smallest absolute Gasteiger partial charge is 0.225 e. The summed E-state index contributed by atoms with van der Waals surface area (Å²) >= 11 is 0. The van der Waals surface area contributed by atoms with Gasteiger partial charge in [0, 0.05) is 62.6 Å². The van der Waals surface area contributed by atoms with Crippen molar-refractivity contribution in [2.24, 2.45) is 22.2 Å². The van der Waals surface area contributed by atoms with E-state index in [1.54, 1.807) is 0 Å². The third kappa shape index (κ3) is 3.58. The van der Waals surface area contributed by atoms with Crippen LogP contribution in [0.4, 0.5) is 0 Å². The molecule has 4 aliphatic rings. The minimum atomic E-state index is 0. The Labute approximate surface area is 180 Å². The third-order valence-corrected chi connectivity index (χ3v) is 7.01. The standard InChI is InChI=1S/C20H34N4O2.HI/c1-4-21-19(24-11-9-23(10-12-24)18(25)14(2)3)22-16-15-6-13-26-17(15)20(16)7-5-8-20;/h14-17H,4-13H2,1-3H3,(H,21,22);1H. The highest BCUT2D eigenvalue weighted by atomic mass is 127. The van der Waals surface area contributed by atoms with Gasteiger partial charge in [0.25, 0.3) is 0 Å². The summed E-state index contributed by atoms with van der Waals surface area (Å²) in [5.41, 5.74) is 0.366. The van der Waals surface area contributed by atoms with Crippen LogP contribution in [0, 0.1) is 17.3 Å². The van der Waals surface area contributed by atoms with Gasteiger partial charge in [0.15, 0.2) is 5.96 Å². The molecule has 154 valence electrons.